The summed E-state index contributed by atoms with van der Waals surface area (Å²) in [6.45, 7) is 14.4. The Balaban J connectivity index is 1.84. The van der Waals surface area contributed by atoms with E-state index < -0.39 is 17.7 Å². The van der Waals surface area contributed by atoms with Crippen molar-refractivity contribution in [1.82, 2.24) is 15.0 Å². The van der Waals surface area contributed by atoms with Crippen molar-refractivity contribution >= 4 is 40.3 Å². The number of anilines is 1. The summed E-state index contributed by atoms with van der Waals surface area (Å²) in [6.07, 6.45) is 27.6. The molecule has 1 aromatic carbocycles. The van der Waals surface area contributed by atoms with Gasteiger partial charge in [-0.05, 0) is 43.5 Å². The van der Waals surface area contributed by atoms with Gasteiger partial charge in [0.05, 0.1) is 10.6 Å². The Hall–Kier alpha value is -3.77. The predicted molar refractivity (Wildman–Crippen MR) is 233 cm³/mol. The summed E-state index contributed by atoms with van der Waals surface area (Å²) < 4.78 is 0. The Labute approximate surface area is 343 Å². The number of hydrazine groups is 1. The molecule has 3 rings (SSSR count). The van der Waals surface area contributed by atoms with Gasteiger partial charge in [0.1, 0.15) is 11.6 Å². The zero-order chi connectivity index (χ0) is 40.9. The summed E-state index contributed by atoms with van der Waals surface area (Å²) in [7, 11) is 1.39. The predicted octanol–water partition coefficient (Wildman–Crippen LogP) is 12.4. The molecule has 0 radical (unpaired) electrons. The monoisotopic (exact) mass is 786 g/mol. The largest absolute Gasteiger partial charge is 0.348 e. The van der Waals surface area contributed by atoms with Crippen molar-refractivity contribution in [3.05, 3.63) is 63.2 Å². The second-order valence-electron chi connectivity index (χ2n) is 16.6. The number of carbonyl (C=O) groups excluding carboxylic acids is 3. The number of benzene rings is 1. The van der Waals surface area contributed by atoms with Crippen LogP contribution in [0.1, 0.15) is 191 Å². The van der Waals surface area contributed by atoms with Crippen molar-refractivity contribution < 1.29 is 14.4 Å². The molecule has 1 aliphatic rings. The fraction of sp³-hybridized carbons (Fsp3) is 0.638. The van der Waals surface area contributed by atoms with E-state index in [2.05, 4.69) is 39.5 Å². The lowest BCUT2D eigenvalue weighted by Gasteiger charge is -2.33. The summed E-state index contributed by atoms with van der Waals surface area (Å²) in [6, 6.07) is 10.5. The minimum absolute atomic E-state index is 0.158. The van der Waals surface area contributed by atoms with Crippen molar-refractivity contribution in [3.8, 4) is 6.07 Å². The molecule has 0 fully saturated rings. The molecule has 2 heterocycles. The molecule has 0 bridgehead atoms. The summed E-state index contributed by atoms with van der Waals surface area (Å²) in [5, 5.41) is 12.9. The number of nitriles is 1. The van der Waals surface area contributed by atoms with Crippen molar-refractivity contribution in [2.24, 2.45) is 0 Å². The van der Waals surface area contributed by atoms with Crippen LogP contribution in [0.15, 0.2) is 47.1 Å². The molecule has 0 saturated carbocycles. The Morgan fingerprint density at radius 1 is 0.768 bits per heavy atom. The van der Waals surface area contributed by atoms with Crippen LogP contribution in [0.3, 0.4) is 0 Å². The quantitative estimate of drug-likeness (QED) is 0.0535. The fourth-order valence-electron chi connectivity index (χ4n) is 7.31. The molecule has 1 aromatic heterocycles. The average molecular weight is 786 g/mol. The zero-order valence-electron chi connectivity index (χ0n) is 35.9. The lowest BCUT2D eigenvalue weighted by Crippen LogP contribution is -2.53. The first kappa shape index (κ1) is 46.6. The van der Waals surface area contributed by atoms with Gasteiger partial charge in [0.25, 0.3) is 17.7 Å². The van der Waals surface area contributed by atoms with Crippen molar-refractivity contribution in [2.75, 3.05) is 25.0 Å². The van der Waals surface area contributed by atoms with Crippen LogP contribution < -0.4 is 4.90 Å². The Morgan fingerprint density at radius 3 is 1.68 bits per heavy atom. The SMILES string of the molecule is CCCCCCCCCCCCN(CCCCCCCCCCCC)c1nc(C(C)(C)C)c(/C=C2\C(=O)N(N(C)C(=O)c3ccccc3)C(=O)C(C#N)=C2C)s1. The average Bonchev–Trinajstić information content (AvgIpc) is 3.62. The van der Waals surface area contributed by atoms with Crippen LogP contribution in [0, 0.1) is 11.3 Å². The fourth-order valence-corrected chi connectivity index (χ4v) is 8.58. The normalized spacial score (nSPS) is 14.2. The van der Waals surface area contributed by atoms with Crippen molar-refractivity contribution in [3.63, 3.8) is 0 Å². The van der Waals surface area contributed by atoms with Crippen LogP contribution in [0.4, 0.5) is 5.13 Å². The van der Waals surface area contributed by atoms with Gasteiger partial charge in [0, 0.05) is 36.7 Å². The van der Waals surface area contributed by atoms with E-state index in [9.17, 15) is 19.6 Å². The molecule has 8 nitrogen and oxygen atoms in total. The first-order valence-corrected chi connectivity index (χ1v) is 22.6. The van der Waals surface area contributed by atoms with Gasteiger partial charge in [0.15, 0.2) is 5.13 Å². The van der Waals surface area contributed by atoms with Gasteiger partial charge in [-0.3, -0.25) is 14.4 Å². The number of aromatic nitrogens is 1. The molecule has 0 saturated heterocycles. The number of imide groups is 1. The van der Waals surface area contributed by atoms with E-state index in [0.29, 0.717) is 11.1 Å². The molecule has 0 aliphatic carbocycles. The summed E-state index contributed by atoms with van der Waals surface area (Å²) >= 11 is 1.57. The number of hydrogen-bond acceptors (Lipinski definition) is 7. The number of amides is 3. The van der Waals surface area contributed by atoms with E-state index in [1.165, 1.54) is 123 Å². The van der Waals surface area contributed by atoms with Crippen LogP contribution in [0.25, 0.3) is 6.08 Å². The number of carbonyl (C=O) groups is 3. The molecule has 9 heteroatoms. The van der Waals surface area contributed by atoms with Crippen LogP contribution in [-0.4, -0.2) is 52.9 Å². The Morgan fingerprint density at radius 2 is 1.23 bits per heavy atom. The highest BCUT2D eigenvalue weighted by Gasteiger charge is 2.40. The second-order valence-corrected chi connectivity index (χ2v) is 17.6. The maximum atomic E-state index is 14.2. The van der Waals surface area contributed by atoms with E-state index in [4.69, 9.17) is 4.98 Å². The molecular weight excluding hydrogens is 715 g/mol. The smallest absolute Gasteiger partial charge is 0.290 e. The van der Waals surface area contributed by atoms with Crippen LogP contribution in [0.2, 0.25) is 0 Å². The first-order valence-electron chi connectivity index (χ1n) is 21.8. The molecular formula is C47H71N5O3S. The van der Waals surface area contributed by atoms with E-state index in [1.54, 1.807) is 54.7 Å². The van der Waals surface area contributed by atoms with E-state index in [-0.39, 0.29) is 16.6 Å². The maximum Gasteiger partial charge on any atom is 0.290 e. The standard InChI is InChI=1S/C47H71N5O3S/c1-8-10-12-14-16-18-20-22-24-29-33-51(34-30-25-23-21-19-17-15-13-11-9-2)46-49-42(47(4,5)6)41(56-46)35-39-37(3)40(36-48)45(55)52(44(39)54)50(7)43(53)38-31-27-26-28-32-38/h26-28,31-32,35H,8-25,29-30,33-34H2,1-7H3/b39-35-. The van der Waals surface area contributed by atoms with Crippen molar-refractivity contribution in [2.45, 2.75) is 175 Å². The van der Waals surface area contributed by atoms with Crippen LogP contribution >= 0.6 is 11.3 Å². The molecule has 56 heavy (non-hydrogen) atoms. The molecule has 1 aliphatic heterocycles. The maximum absolute atomic E-state index is 14.2. The third-order valence-corrected chi connectivity index (χ3v) is 11.9. The first-order chi connectivity index (χ1) is 27.0. The molecule has 3 amide bonds. The third kappa shape index (κ3) is 14.3. The van der Waals surface area contributed by atoms with Crippen molar-refractivity contribution in [1.29, 1.82) is 5.26 Å². The summed E-state index contributed by atoms with van der Waals surface area (Å²) in [5.74, 6) is -1.96. The highest BCUT2D eigenvalue weighted by atomic mass is 32.1. The van der Waals surface area contributed by atoms with Crippen LogP contribution in [0.5, 0.6) is 0 Å². The van der Waals surface area contributed by atoms with Gasteiger partial charge < -0.3 is 4.90 Å². The van der Waals surface area contributed by atoms with E-state index >= 15 is 0 Å². The zero-order valence-corrected chi connectivity index (χ0v) is 36.7. The minimum atomic E-state index is -0.806. The summed E-state index contributed by atoms with van der Waals surface area (Å²) in [4.78, 5) is 49.7. The Bertz CT molecular complexity index is 1610. The molecule has 0 unspecified atom stereocenters. The number of thiazole rings is 1. The van der Waals surface area contributed by atoms with E-state index in [0.717, 1.165) is 51.7 Å². The number of hydrogen-bond donors (Lipinski definition) is 0. The third-order valence-electron chi connectivity index (χ3n) is 10.8. The lowest BCUT2D eigenvalue weighted by atomic mass is 9.89. The molecule has 308 valence electrons. The second kappa shape index (κ2) is 24.8. The van der Waals surface area contributed by atoms with E-state index in [1.807, 2.05) is 6.07 Å². The number of rotatable bonds is 26. The molecule has 2 aromatic rings. The van der Waals surface area contributed by atoms with Gasteiger partial charge in [-0.2, -0.15) is 10.3 Å². The molecule has 0 spiro atoms. The number of nitrogens with zero attached hydrogens (tertiary/aromatic N) is 5. The van der Waals surface area contributed by atoms with Gasteiger partial charge >= 0.3 is 0 Å². The lowest BCUT2D eigenvalue weighted by molar-refractivity contribution is -0.153. The van der Waals surface area contributed by atoms with Gasteiger partial charge in [-0.15, -0.1) is 0 Å². The molecule has 0 N–H and O–H groups in total. The topological polar surface area (TPSA) is 97.6 Å². The Kier molecular flexibility index (Phi) is 20.6. The highest BCUT2D eigenvalue weighted by Crippen LogP contribution is 2.38. The molecule has 0 atom stereocenters. The highest BCUT2D eigenvalue weighted by molar-refractivity contribution is 7.16. The van der Waals surface area contributed by atoms with Gasteiger partial charge in [0.2, 0.25) is 0 Å². The number of unbranched alkanes of at least 4 members (excludes halogenated alkanes) is 18. The minimum Gasteiger partial charge on any atom is -0.348 e. The van der Waals surface area contributed by atoms with Crippen LogP contribution in [-0.2, 0) is 15.0 Å². The summed E-state index contributed by atoms with van der Waals surface area (Å²) in [5.41, 5.74) is 1.24. The van der Waals surface area contributed by atoms with Gasteiger partial charge in [-0.1, -0.05) is 180 Å². The van der Waals surface area contributed by atoms with Gasteiger partial charge in [-0.25, -0.2) is 9.99 Å².